The molecule has 0 fully saturated rings. The van der Waals surface area contributed by atoms with Crippen molar-refractivity contribution in [3.8, 4) is 28.7 Å². The number of nitrogens with one attached hydrogen (secondary N) is 4. The van der Waals surface area contributed by atoms with Crippen LogP contribution < -0.4 is 47.9 Å². The molecule has 0 aliphatic carbocycles. The van der Waals surface area contributed by atoms with E-state index in [0.717, 1.165) is 30.4 Å². The Morgan fingerprint density at radius 1 is 0.903 bits per heavy atom. The van der Waals surface area contributed by atoms with Crippen molar-refractivity contribution >= 4 is 29.5 Å². The third-order valence-corrected chi connectivity index (χ3v) is 10.7. The van der Waals surface area contributed by atoms with Gasteiger partial charge >= 0.3 is 0 Å². The molecule has 62 heavy (non-hydrogen) atoms. The summed E-state index contributed by atoms with van der Waals surface area (Å²) in [5, 5.41) is 20.2. The zero-order valence-electron chi connectivity index (χ0n) is 36.4. The van der Waals surface area contributed by atoms with Crippen LogP contribution in [0.2, 0.25) is 0 Å². The highest BCUT2D eigenvalue weighted by Crippen LogP contribution is 2.40. The standard InChI is InChI=1S/C46H63N9O7/c1-5-6-9-31-11-14-35(29(2)24-31)44(58)53-34(10-7-8-17-47)28-41(56)55(4)42-33-13-16-40(62-23-20-50)37(27-33)36-25-32(12-15-39(36)61-22-19-49)26-38(45(59)51-21-18-48)54-43(57)30(3)52-46(42)60/h11-16,24-25,27,30,34,38,42H,5-10,17,19-23,26,28,47,49-50H2,1-4H3,(H,51,59)(H,52,60)(H,53,58)(H,54,57)/t30-,34+,38-,42-/m0/s1. The van der Waals surface area contributed by atoms with E-state index in [4.69, 9.17) is 31.9 Å². The van der Waals surface area contributed by atoms with Gasteiger partial charge in [0, 0.05) is 55.7 Å². The molecule has 10 N–H and O–H groups in total. The molecule has 16 nitrogen and oxygen atoms in total. The van der Waals surface area contributed by atoms with Crippen molar-refractivity contribution in [2.45, 2.75) is 96.3 Å². The third kappa shape index (κ3) is 13.5. The number of likely N-dealkylation sites (N-methyl/N-ethyl adjacent to an activating group) is 1. The van der Waals surface area contributed by atoms with Gasteiger partial charge in [-0.05, 0) is 98.7 Å². The number of nitrogens with two attached hydrogens (primary N) is 3. The number of nitrogens with zero attached hydrogens (tertiary/aromatic N) is 2. The van der Waals surface area contributed by atoms with Gasteiger partial charge < -0.3 is 52.8 Å². The van der Waals surface area contributed by atoms with Gasteiger partial charge in [0.15, 0.2) is 0 Å². The van der Waals surface area contributed by atoms with Gasteiger partial charge in [-0.3, -0.25) is 24.0 Å². The normalized spacial score (nSPS) is 16.7. The Bertz CT molecular complexity index is 2070. The number of carbonyl (C=O) groups excluding carboxylic acids is 5. The first kappa shape index (κ1) is 48.6. The number of rotatable bonds is 20. The van der Waals surface area contributed by atoms with Crippen molar-refractivity contribution in [3.05, 3.63) is 82.4 Å². The number of aryl methyl sites for hydroxylation is 2. The monoisotopic (exact) mass is 853 g/mol. The lowest BCUT2D eigenvalue weighted by Gasteiger charge is -2.31. The van der Waals surface area contributed by atoms with Gasteiger partial charge in [-0.2, -0.15) is 5.26 Å². The molecule has 3 aromatic carbocycles. The molecule has 5 amide bonds. The molecule has 4 bridgehead atoms. The molecule has 0 spiro atoms. The van der Waals surface area contributed by atoms with E-state index in [1.807, 2.05) is 31.2 Å². The minimum Gasteiger partial charge on any atom is -0.492 e. The quantitative estimate of drug-likeness (QED) is 0.0643. The van der Waals surface area contributed by atoms with E-state index in [1.54, 1.807) is 36.4 Å². The van der Waals surface area contributed by atoms with Crippen molar-refractivity contribution in [1.29, 1.82) is 5.26 Å². The summed E-state index contributed by atoms with van der Waals surface area (Å²) in [4.78, 5) is 71.0. The van der Waals surface area contributed by atoms with E-state index >= 15 is 0 Å². The maximum atomic E-state index is 14.5. The van der Waals surface area contributed by atoms with E-state index in [0.29, 0.717) is 65.1 Å². The predicted molar refractivity (Wildman–Crippen MR) is 237 cm³/mol. The fourth-order valence-electron chi connectivity index (χ4n) is 7.37. The molecule has 1 aliphatic heterocycles. The molecule has 0 saturated carbocycles. The highest BCUT2D eigenvalue weighted by atomic mass is 16.5. The second-order valence-electron chi connectivity index (χ2n) is 15.6. The summed E-state index contributed by atoms with van der Waals surface area (Å²) < 4.78 is 12.2. The van der Waals surface area contributed by atoms with Gasteiger partial charge in [-0.15, -0.1) is 0 Å². The first-order valence-electron chi connectivity index (χ1n) is 21.4. The summed E-state index contributed by atoms with van der Waals surface area (Å²) in [6.45, 7) is 6.43. The highest BCUT2D eigenvalue weighted by molar-refractivity contribution is 5.97. The second-order valence-corrected chi connectivity index (χ2v) is 15.6. The molecule has 4 atom stereocenters. The third-order valence-electron chi connectivity index (χ3n) is 10.7. The smallest absolute Gasteiger partial charge is 0.251 e. The van der Waals surface area contributed by atoms with Crippen molar-refractivity contribution < 1.29 is 33.4 Å². The van der Waals surface area contributed by atoms with Crippen LogP contribution in [-0.2, 0) is 32.0 Å². The summed E-state index contributed by atoms with van der Waals surface area (Å²) in [6, 6.07) is 13.9. The molecular formula is C46H63N9O7. The molecule has 16 heteroatoms. The topological polar surface area (TPSA) is 257 Å². The molecule has 334 valence electrons. The molecule has 1 aliphatic rings. The minimum atomic E-state index is -1.28. The maximum Gasteiger partial charge on any atom is 0.251 e. The molecule has 0 aromatic heterocycles. The maximum absolute atomic E-state index is 14.5. The van der Waals surface area contributed by atoms with Crippen LogP contribution in [0.25, 0.3) is 11.1 Å². The summed E-state index contributed by atoms with van der Waals surface area (Å²) in [5.74, 6) is -1.84. The van der Waals surface area contributed by atoms with Crippen LogP contribution >= 0.6 is 0 Å². The molecule has 0 saturated heterocycles. The van der Waals surface area contributed by atoms with Crippen molar-refractivity contribution in [3.63, 3.8) is 0 Å². The van der Waals surface area contributed by atoms with Gasteiger partial charge in [-0.25, -0.2) is 0 Å². The summed E-state index contributed by atoms with van der Waals surface area (Å²) in [6.07, 6.45) is 4.72. The molecule has 1 heterocycles. The number of carbonyl (C=O) groups is 5. The van der Waals surface area contributed by atoms with Crippen LogP contribution in [0.15, 0.2) is 54.6 Å². The lowest BCUT2D eigenvalue weighted by molar-refractivity contribution is -0.140. The lowest BCUT2D eigenvalue weighted by atomic mass is 9.93. The molecule has 0 unspecified atom stereocenters. The average molecular weight is 854 g/mol. The Kier molecular flexibility index (Phi) is 19.2. The number of unbranched alkanes of at least 4 members (excludes halogenated alkanes) is 2. The fourth-order valence-corrected chi connectivity index (χ4v) is 7.37. The number of fused-ring (bicyclic) bond motifs is 5. The molecule has 3 aromatic rings. The van der Waals surface area contributed by atoms with Gasteiger partial charge in [-0.1, -0.05) is 44.0 Å². The highest BCUT2D eigenvalue weighted by Gasteiger charge is 2.34. The zero-order valence-corrected chi connectivity index (χ0v) is 36.4. The summed E-state index contributed by atoms with van der Waals surface area (Å²) in [5.41, 5.74) is 22.0. The number of benzene rings is 3. The number of ether oxygens (including phenoxy) is 2. The van der Waals surface area contributed by atoms with Crippen LogP contribution in [0.4, 0.5) is 0 Å². The number of hydrogen-bond acceptors (Lipinski definition) is 11. The second kappa shape index (κ2) is 24.4. The van der Waals surface area contributed by atoms with Crippen molar-refractivity contribution in [2.75, 3.05) is 46.4 Å². The van der Waals surface area contributed by atoms with Crippen molar-refractivity contribution in [2.24, 2.45) is 17.2 Å². The lowest BCUT2D eigenvalue weighted by Crippen LogP contribution is -2.55. The minimum absolute atomic E-state index is 0.0270. The van der Waals surface area contributed by atoms with Crippen LogP contribution in [0.1, 0.15) is 91.0 Å². The summed E-state index contributed by atoms with van der Waals surface area (Å²) >= 11 is 0. The Morgan fingerprint density at radius 2 is 1.60 bits per heavy atom. The van der Waals surface area contributed by atoms with Gasteiger partial charge in [0.25, 0.3) is 5.91 Å². The Labute approximate surface area is 364 Å². The van der Waals surface area contributed by atoms with Crippen LogP contribution in [-0.4, -0.2) is 99.0 Å². The van der Waals surface area contributed by atoms with Gasteiger partial charge in [0.2, 0.25) is 23.6 Å². The Balaban J connectivity index is 1.80. The predicted octanol–water partition coefficient (Wildman–Crippen LogP) is 2.68. The first-order chi connectivity index (χ1) is 29.8. The first-order valence-corrected chi connectivity index (χ1v) is 21.4. The number of nitriles is 1. The number of amides is 5. The van der Waals surface area contributed by atoms with Gasteiger partial charge in [0.05, 0.1) is 6.07 Å². The largest absolute Gasteiger partial charge is 0.492 e. The van der Waals surface area contributed by atoms with E-state index in [1.165, 1.54) is 18.9 Å². The number of hydrogen-bond donors (Lipinski definition) is 7. The SMILES string of the molecule is CCCCc1ccc(C(=O)N[C@H](CCCCN)CC(=O)N(C)[C@@H]2C(=O)N[C@@H](C)C(=O)N[C@H](C(=O)NCC#N)Cc3ccc(OCCN)c(c3)-c3cc2ccc3OCCN)c(C)c1. The zero-order chi connectivity index (χ0) is 45.2. The van der Waals surface area contributed by atoms with Crippen LogP contribution in [0, 0.1) is 18.3 Å². The van der Waals surface area contributed by atoms with E-state index < -0.39 is 47.8 Å². The Hall–Kier alpha value is -6.02. The van der Waals surface area contributed by atoms with Crippen molar-refractivity contribution in [1.82, 2.24) is 26.2 Å². The Morgan fingerprint density at radius 3 is 2.24 bits per heavy atom. The average Bonchev–Trinajstić information content (AvgIpc) is 3.25. The van der Waals surface area contributed by atoms with Gasteiger partial charge in [0.1, 0.15) is 49.4 Å². The molecular weight excluding hydrogens is 791 g/mol. The van der Waals surface area contributed by atoms with E-state index in [2.05, 4.69) is 28.2 Å². The fraction of sp³-hybridized carbons (Fsp3) is 0.478. The molecule has 0 radical (unpaired) electrons. The summed E-state index contributed by atoms with van der Waals surface area (Å²) in [7, 11) is 1.50. The molecule has 4 rings (SSSR count). The van der Waals surface area contributed by atoms with E-state index in [-0.39, 0.29) is 51.6 Å². The van der Waals surface area contributed by atoms with Crippen LogP contribution in [0.5, 0.6) is 11.5 Å². The van der Waals surface area contributed by atoms with E-state index in [9.17, 15) is 24.0 Å². The van der Waals surface area contributed by atoms with Crippen LogP contribution in [0.3, 0.4) is 0 Å².